The van der Waals surface area contributed by atoms with Gasteiger partial charge in [-0.25, -0.2) is 4.79 Å². The predicted molar refractivity (Wildman–Crippen MR) is 105 cm³/mol. The maximum atomic E-state index is 12.0. The van der Waals surface area contributed by atoms with Crippen molar-refractivity contribution in [1.82, 2.24) is 0 Å². The largest absolute Gasteiger partial charge is 0.504 e. The van der Waals surface area contributed by atoms with Crippen LogP contribution >= 0.6 is 0 Å². The molecule has 1 aliphatic rings. The molecule has 0 aliphatic carbocycles. The summed E-state index contributed by atoms with van der Waals surface area (Å²) >= 11 is 0. The first-order chi connectivity index (χ1) is 15.1. The monoisotopic (exact) mass is 458 g/mol. The van der Waals surface area contributed by atoms with Crippen LogP contribution in [0.1, 0.15) is 12.5 Å². The molecule has 12 nitrogen and oxygen atoms in total. The van der Waals surface area contributed by atoms with Crippen molar-refractivity contribution >= 4 is 18.0 Å². The van der Waals surface area contributed by atoms with E-state index in [0.29, 0.717) is 5.56 Å². The van der Waals surface area contributed by atoms with E-state index in [1.54, 1.807) is 0 Å². The standard InChI is InChI=1S/C20H26O12/c1-10(22)29-8-12(31-20-19(28)18(27)17(26)15(7-21)32-20)9-30-16(25)5-3-11-2-4-13(23)14(24)6-11/h2-6,12,15,17-21,23-24,26-28H,7-9H2,1H3/b5-3+/t12-,15+,17+,18-,19+,20+/m0/s1. The maximum Gasteiger partial charge on any atom is 0.330 e. The van der Waals surface area contributed by atoms with E-state index in [1.807, 2.05) is 0 Å². The van der Waals surface area contributed by atoms with E-state index in [9.17, 15) is 40.2 Å². The Labute approximate surface area is 182 Å². The summed E-state index contributed by atoms with van der Waals surface area (Å²) in [5.74, 6) is -2.15. The van der Waals surface area contributed by atoms with Crippen LogP contribution in [0.25, 0.3) is 6.08 Å². The molecule has 1 aliphatic heterocycles. The highest BCUT2D eigenvalue weighted by molar-refractivity contribution is 5.87. The van der Waals surface area contributed by atoms with E-state index in [2.05, 4.69) is 0 Å². The number of carbonyl (C=O) groups is 2. The Bertz CT molecular complexity index is 808. The van der Waals surface area contributed by atoms with Crippen molar-refractivity contribution in [2.45, 2.75) is 43.7 Å². The van der Waals surface area contributed by atoms with Gasteiger partial charge in [0.2, 0.25) is 0 Å². The van der Waals surface area contributed by atoms with E-state index in [4.69, 9.17) is 18.9 Å². The minimum absolute atomic E-state index is 0.316. The fraction of sp³-hybridized carbons (Fsp3) is 0.500. The number of aliphatic hydroxyl groups excluding tert-OH is 4. The lowest BCUT2D eigenvalue weighted by molar-refractivity contribution is -0.315. The Kier molecular flexibility index (Phi) is 9.38. The summed E-state index contributed by atoms with van der Waals surface area (Å²) in [5, 5.41) is 57.7. The highest BCUT2D eigenvalue weighted by Gasteiger charge is 2.45. The zero-order chi connectivity index (χ0) is 23.8. The fourth-order valence-corrected chi connectivity index (χ4v) is 2.74. The summed E-state index contributed by atoms with van der Waals surface area (Å²) in [6.45, 7) is -0.335. The summed E-state index contributed by atoms with van der Waals surface area (Å²) in [5.41, 5.74) is 0.409. The highest BCUT2D eigenvalue weighted by Crippen LogP contribution is 2.25. The van der Waals surface area contributed by atoms with Gasteiger partial charge in [0.15, 0.2) is 17.8 Å². The van der Waals surface area contributed by atoms with Gasteiger partial charge < -0.3 is 49.6 Å². The molecule has 178 valence electrons. The number of aliphatic hydroxyl groups is 4. The van der Waals surface area contributed by atoms with Crippen molar-refractivity contribution in [3.63, 3.8) is 0 Å². The Morgan fingerprint density at radius 3 is 2.38 bits per heavy atom. The molecule has 12 heteroatoms. The van der Waals surface area contributed by atoms with Gasteiger partial charge in [0.1, 0.15) is 43.7 Å². The molecule has 0 unspecified atom stereocenters. The van der Waals surface area contributed by atoms with Crippen molar-refractivity contribution in [3.05, 3.63) is 29.8 Å². The molecular formula is C20H26O12. The minimum Gasteiger partial charge on any atom is -0.504 e. The van der Waals surface area contributed by atoms with Crippen LogP contribution in [0.15, 0.2) is 24.3 Å². The molecule has 1 fully saturated rings. The second-order valence-electron chi connectivity index (χ2n) is 6.97. The SMILES string of the molecule is CC(=O)OC[C@@H](COC(=O)/C=C/c1ccc(O)c(O)c1)O[C@@H]1O[C@H](CO)[C@@H](O)[C@H](O)[C@H]1O. The number of hydrogen-bond donors (Lipinski definition) is 6. The van der Waals surface area contributed by atoms with E-state index in [-0.39, 0.29) is 18.1 Å². The molecule has 1 aromatic rings. The van der Waals surface area contributed by atoms with Gasteiger partial charge in [0.05, 0.1) is 6.61 Å². The first-order valence-corrected chi connectivity index (χ1v) is 9.58. The number of carbonyl (C=O) groups excluding carboxylic acids is 2. The molecule has 1 heterocycles. The number of ether oxygens (including phenoxy) is 4. The molecule has 0 bridgehead atoms. The van der Waals surface area contributed by atoms with Crippen molar-refractivity contribution < 1.29 is 59.2 Å². The van der Waals surface area contributed by atoms with Crippen LogP contribution in [-0.2, 0) is 28.5 Å². The number of esters is 2. The van der Waals surface area contributed by atoms with Crippen LogP contribution in [0, 0.1) is 0 Å². The lowest BCUT2D eigenvalue weighted by Crippen LogP contribution is -2.60. The minimum atomic E-state index is -1.69. The van der Waals surface area contributed by atoms with Crippen molar-refractivity contribution in [3.8, 4) is 11.5 Å². The summed E-state index contributed by atoms with van der Waals surface area (Å²) < 4.78 is 20.6. The van der Waals surface area contributed by atoms with E-state index in [1.165, 1.54) is 24.3 Å². The lowest BCUT2D eigenvalue weighted by atomic mass is 9.99. The number of rotatable bonds is 9. The number of phenols is 2. The second kappa shape index (κ2) is 11.8. The smallest absolute Gasteiger partial charge is 0.330 e. The van der Waals surface area contributed by atoms with E-state index >= 15 is 0 Å². The van der Waals surface area contributed by atoms with Crippen molar-refractivity contribution in [1.29, 1.82) is 0 Å². The van der Waals surface area contributed by atoms with E-state index in [0.717, 1.165) is 13.0 Å². The Hall–Kier alpha value is -2.74. The molecular weight excluding hydrogens is 432 g/mol. The topological polar surface area (TPSA) is 192 Å². The molecule has 0 radical (unpaired) electrons. The van der Waals surface area contributed by atoms with Gasteiger partial charge in [-0.2, -0.15) is 0 Å². The van der Waals surface area contributed by atoms with Crippen molar-refractivity contribution in [2.24, 2.45) is 0 Å². The molecule has 6 N–H and O–H groups in total. The van der Waals surface area contributed by atoms with Gasteiger partial charge in [-0.1, -0.05) is 6.07 Å². The molecule has 0 amide bonds. The number of benzene rings is 1. The summed E-state index contributed by atoms with van der Waals surface area (Å²) in [4.78, 5) is 23.1. The van der Waals surface area contributed by atoms with Crippen LogP contribution in [0.5, 0.6) is 11.5 Å². The van der Waals surface area contributed by atoms with Gasteiger partial charge in [0, 0.05) is 13.0 Å². The molecule has 0 spiro atoms. The van der Waals surface area contributed by atoms with Gasteiger partial charge in [-0.15, -0.1) is 0 Å². The summed E-state index contributed by atoms with van der Waals surface area (Å²) in [7, 11) is 0. The van der Waals surface area contributed by atoms with Gasteiger partial charge in [-0.05, 0) is 23.8 Å². The Morgan fingerprint density at radius 2 is 1.75 bits per heavy atom. The lowest BCUT2D eigenvalue weighted by Gasteiger charge is -2.40. The molecule has 32 heavy (non-hydrogen) atoms. The first kappa shape index (κ1) is 25.5. The quantitative estimate of drug-likeness (QED) is 0.141. The fourth-order valence-electron chi connectivity index (χ4n) is 2.74. The molecule has 1 saturated heterocycles. The second-order valence-corrected chi connectivity index (χ2v) is 6.97. The zero-order valence-electron chi connectivity index (χ0n) is 17.1. The van der Waals surface area contributed by atoms with Gasteiger partial charge >= 0.3 is 11.9 Å². The van der Waals surface area contributed by atoms with Crippen molar-refractivity contribution in [2.75, 3.05) is 19.8 Å². The molecule has 6 atom stereocenters. The Morgan fingerprint density at radius 1 is 1.06 bits per heavy atom. The molecule has 1 aromatic carbocycles. The third-order valence-corrected chi connectivity index (χ3v) is 4.47. The normalized spacial score (nSPS) is 26.6. The summed E-state index contributed by atoms with van der Waals surface area (Å²) in [6.07, 6.45) is -6.42. The molecule has 0 saturated carbocycles. The maximum absolute atomic E-state index is 12.0. The number of phenolic OH excluding ortho intramolecular Hbond substituents is 2. The third-order valence-electron chi connectivity index (χ3n) is 4.47. The Balaban J connectivity index is 1.98. The predicted octanol–water partition coefficient (Wildman–Crippen LogP) is -1.60. The van der Waals surface area contributed by atoms with E-state index < -0.39 is 62.0 Å². The van der Waals surface area contributed by atoms with Crippen LogP contribution in [0.2, 0.25) is 0 Å². The average Bonchev–Trinajstić information content (AvgIpc) is 2.76. The zero-order valence-corrected chi connectivity index (χ0v) is 17.1. The summed E-state index contributed by atoms with van der Waals surface area (Å²) in [6, 6.07) is 3.92. The molecule has 0 aromatic heterocycles. The van der Waals surface area contributed by atoms with Crippen LogP contribution < -0.4 is 0 Å². The average molecular weight is 458 g/mol. The number of hydrogen-bond acceptors (Lipinski definition) is 12. The number of aromatic hydroxyl groups is 2. The van der Waals surface area contributed by atoms with Gasteiger partial charge in [-0.3, -0.25) is 4.79 Å². The first-order valence-electron chi connectivity index (χ1n) is 9.58. The molecule has 2 rings (SSSR count). The highest BCUT2D eigenvalue weighted by atomic mass is 16.7. The third kappa shape index (κ3) is 7.15. The van der Waals surface area contributed by atoms with Crippen LogP contribution in [0.4, 0.5) is 0 Å². The van der Waals surface area contributed by atoms with Crippen LogP contribution in [0.3, 0.4) is 0 Å². The van der Waals surface area contributed by atoms with Gasteiger partial charge in [0.25, 0.3) is 0 Å². The van der Waals surface area contributed by atoms with Crippen LogP contribution in [-0.4, -0.2) is 99.2 Å².